The van der Waals surface area contributed by atoms with Crippen molar-refractivity contribution in [3.05, 3.63) is 22.5 Å². The molecule has 0 bridgehead atoms. The number of likely N-dealkylation sites (N-methyl/N-ethyl adjacent to an activating group) is 1. The van der Waals surface area contributed by atoms with E-state index in [4.69, 9.17) is 0 Å². The number of amides is 1. The zero-order valence-corrected chi connectivity index (χ0v) is 12.0. The fraction of sp³-hybridized carbons (Fsp3) is 0.636. The van der Waals surface area contributed by atoms with Gasteiger partial charge in [0.05, 0.1) is 4.92 Å². The van der Waals surface area contributed by atoms with Gasteiger partial charge in [-0.3, -0.25) is 19.6 Å². The summed E-state index contributed by atoms with van der Waals surface area (Å²) in [4.78, 5) is 23.9. The fourth-order valence-corrected chi connectivity index (χ4v) is 2.21. The van der Waals surface area contributed by atoms with Gasteiger partial charge in [-0.05, 0) is 19.9 Å². The van der Waals surface area contributed by atoms with Crippen LogP contribution in [0, 0.1) is 10.1 Å². The first-order valence-corrected chi connectivity index (χ1v) is 6.22. The molecule has 1 unspecified atom stereocenters. The molecule has 1 fully saturated rings. The summed E-state index contributed by atoms with van der Waals surface area (Å²) in [6.07, 6.45) is 4.46. The predicted octanol–water partition coefficient (Wildman–Crippen LogP) is 0.424. The lowest BCUT2D eigenvalue weighted by Crippen LogP contribution is -2.47. The molecule has 0 aromatic carbocycles. The van der Waals surface area contributed by atoms with E-state index < -0.39 is 4.92 Å². The van der Waals surface area contributed by atoms with Gasteiger partial charge in [0.1, 0.15) is 18.9 Å². The van der Waals surface area contributed by atoms with E-state index in [-0.39, 0.29) is 30.5 Å². The molecule has 1 N–H and O–H groups in total. The number of halogens is 1. The summed E-state index contributed by atoms with van der Waals surface area (Å²) in [5, 5.41) is 17.5. The minimum Gasteiger partial charge on any atom is -0.340 e. The van der Waals surface area contributed by atoms with Crippen LogP contribution < -0.4 is 5.32 Å². The summed E-state index contributed by atoms with van der Waals surface area (Å²) in [5.41, 5.74) is -0.0976. The first kappa shape index (κ1) is 16.4. The third kappa shape index (κ3) is 3.91. The van der Waals surface area contributed by atoms with Crippen LogP contribution in [0.15, 0.2) is 12.4 Å². The summed E-state index contributed by atoms with van der Waals surface area (Å²) in [6, 6.07) is 0.324. The van der Waals surface area contributed by atoms with Crippen LogP contribution in [0.2, 0.25) is 0 Å². The lowest BCUT2D eigenvalue weighted by molar-refractivity contribution is -0.385. The van der Waals surface area contributed by atoms with E-state index in [1.165, 1.54) is 10.9 Å². The number of carbonyl (C=O) groups excluding carboxylic acids is 1. The Kier molecular flexibility index (Phi) is 5.90. The zero-order valence-electron chi connectivity index (χ0n) is 11.2. The largest absolute Gasteiger partial charge is 0.340 e. The van der Waals surface area contributed by atoms with Gasteiger partial charge in [-0.25, -0.2) is 0 Å². The number of carbonyl (C=O) groups is 1. The van der Waals surface area contributed by atoms with Crippen LogP contribution in [0.4, 0.5) is 5.69 Å². The molecule has 20 heavy (non-hydrogen) atoms. The molecule has 1 aliphatic rings. The molecule has 0 saturated carbocycles. The molecule has 1 saturated heterocycles. The molecular weight excluding hydrogens is 286 g/mol. The minimum atomic E-state index is -0.522. The van der Waals surface area contributed by atoms with Gasteiger partial charge >= 0.3 is 5.69 Å². The maximum Gasteiger partial charge on any atom is 0.307 e. The molecule has 8 nitrogen and oxygen atoms in total. The molecule has 0 aliphatic carbocycles. The molecule has 1 atom stereocenters. The smallest absolute Gasteiger partial charge is 0.307 e. The van der Waals surface area contributed by atoms with Crippen LogP contribution in [-0.2, 0) is 11.3 Å². The molecule has 0 radical (unpaired) electrons. The van der Waals surface area contributed by atoms with E-state index in [2.05, 4.69) is 10.4 Å². The van der Waals surface area contributed by atoms with E-state index in [0.717, 1.165) is 25.6 Å². The number of nitrogens with one attached hydrogen (secondary N) is 1. The number of rotatable bonds is 4. The summed E-state index contributed by atoms with van der Waals surface area (Å²) in [5.74, 6) is -0.0575. The molecule has 1 aliphatic heterocycles. The van der Waals surface area contributed by atoms with Crippen molar-refractivity contribution < 1.29 is 9.72 Å². The second kappa shape index (κ2) is 7.20. The molecule has 2 heterocycles. The van der Waals surface area contributed by atoms with Gasteiger partial charge in [0.15, 0.2) is 0 Å². The highest BCUT2D eigenvalue weighted by Crippen LogP contribution is 2.12. The number of nitro groups is 1. The lowest BCUT2D eigenvalue weighted by Gasteiger charge is -2.32. The second-order valence-corrected chi connectivity index (χ2v) is 4.62. The Balaban J connectivity index is 0.00000200. The third-order valence-corrected chi connectivity index (χ3v) is 3.31. The number of hydrogen-bond acceptors (Lipinski definition) is 5. The van der Waals surface area contributed by atoms with Gasteiger partial charge in [0.25, 0.3) is 0 Å². The van der Waals surface area contributed by atoms with Crippen LogP contribution in [0.5, 0.6) is 0 Å². The zero-order chi connectivity index (χ0) is 13.8. The van der Waals surface area contributed by atoms with Crippen molar-refractivity contribution >= 4 is 24.0 Å². The van der Waals surface area contributed by atoms with Gasteiger partial charge in [-0.2, -0.15) is 5.10 Å². The van der Waals surface area contributed by atoms with Crippen molar-refractivity contribution in [2.75, 3.05) is 20.1 Å². The summed E-state index contributed by atoms with van der Waals surface area (Å²) < 4.78 is 1.31. The maximum absolute atomic E-state index is 12.1. The van der Waals surface area contributed by atoms with Crippen molar-refractivity contribution in [3.8, 4) is 0 Å². The summed E-state index contributed by atoms with van der Waals surface area (Å²) in [7, 11) is 1.88. The normalized spacial score (nSPS) is 18.4. The molecule has 2 rings (SSSR count). The highest BCUT2D eigenvalue weighted by atomic mass is 35.5. The number of piperidine rings is 1. The van der Waals surface area contributed by atoms with Gasteiger partial charge in [-0.15, -0.1) is 12.4 Å². The number of hydrogen-bond donors (Lipinski definition) is 1. The van der Waals surface area contributed by atoms with Crippen LogP contribution >= 0.6 is 12.4 Å². The van der Waals surface area contributed by atoms with Crippen molar-refractivity contribution in [2.24, 2.45) is 0 Å². The molecule has 112 valence electrons. The Labute approximate surface area is 122 Å². The Bertz CT molecular complexity index is 478. The van der Waals surface area contributed by atoms with Crippen LogP contribution in [-0.4, -0.2) is 51.7 Å². The van der Waals surface area contributed by atoms with Crippen molar-refractivity contribution in [2.45, 2.75) is 25.4 Å². The highest BCUT2D eigenvalue weighted by Gasteiger charge is 2.23. The van der Waals surface area contributed by atoms with E-state index in [9.17, 15) is 14.9 Å². The molecule has 1 aromatic heterocycles. The van der Waals surface area contributed by atoms with Crippen LogP contribution in [0.3, 0.4) is 0 Å². The van der Waals surface area contributed by atoms with Crippen LogP contribution in [0.1, 0.15) is 12.8 Å². The quantitative estimate of drug-likeness (QED) is 0.643. The number of aromatic nitrogens is 2. The summed E-state index contributed by atoms with van der Waals surface area (Å²) >= 11 is 0. The van der Waals surface area contributed by atoms with E-state index in [0.29, 0.717) is 12.6 Å². The van der Waals surface area contributed by atoms with Crippen molar-refractivity contribution in [3.63, 3.8) is 0 Å². The molecular formula is C11H18ClN5O3. The minimum absolute atomic E-state index is 0. The van der Waals surface area contributed by atoms with Gasteiger partial charge < -0.3 is 10.2 Å². The van der Waals surface area contributed by atoms with Gasteiger partial charge in [0, 0.05) is 19.1 Å². The Morgan fingerprint density at radius 3 is 3.00 bits per heavy atom. The molecule has 1 amide bonds. The number of likely N-dealkylation sites (tertiary alicyclic amines) is 1. The Hall–Kier alpha value is -1.67. The Morgan fingerprint density at radius 1 is 1.65 bits per heavy atom. The first-order chi connectivity index (χ1) is 9.10. The second-order valence-electron chi connectivity index (χ2n) is 4.62. The van der Waals surface area contributed by atoms with E-state index in [1.807, 2.05) is 7.05 Å². The van der Waals surface area contributed by atoms with Crippen molar-refractivity contribution in [1.29, 1.82) is 0 Å². The van der Waals surface area contributed by atoms with E-state index >= 15 is 0 Å². The monoisotopic (exact) mass is 303 g/mol. The Morgan fingerprint density at radius 2 is 2.40 bits per heavy atom. The molecule has 0 spiro atoms. The third-order valence-electron chi connectivity index (χ3n) is 3.31. The standard InChI is InChI=1S/C11H17N5O3.ClH/c1-12-9-3-2-4-14(6-9)11(17)8-15-7-10(5-13-15)16(18)19;/h5,7,9,12H,2-4,6,8H2,1H3;1H. The average Bonchev–Trinajstić information content (AvgIpc) is 2.87. The predicted molar refractivity (Wildman–Crippen MR) is 74.8 cm³/mol. The lowest BCUT2D eigenvalue weighted by atomic mass is 10.1. The summed E-state index contributed by atoms with van der Waals surface area (Å²) in [6.45, 7) is 1.46. The average molecular weight is 304 g/mol. The van der Waals surface area contributed by atoms with Gasteiger partial charge in [0.2, 0.25) is 5.91 Å². The SMILES string of the molecule is CNC1CCCN(C(=O)Cn2cc([N+](=O)[O-])cn2)C1.Cl. The number of nitrogens with zero attached hydrogens (tertiary/aromatic N) is 4. The highest BCUT2D eigenvalue weighted by molar-refractivity contribution is 5.85. The fourth-order valence-electron chi connectivity index (χ4n) is 2.21. The van der Waals surface area contributed by atoms with Gasteiger partial charge in [-0.1, -0.05) is 0 Å². The van der Waals surface area contributed by atoms with Crippen LogP contribution in [0.25, 0.3) is 0 Å². The molecule has 1 aromatic rings. The maximum atomic E-state index is 12.1. The van der Waals surface area contributed by atoms with E-state index in [1.54, 1.807) is 4.90 Å². The topological polar surface area (TPSA) is 93.3 Å². The van der Waals surface area contributed by atoms with Crippen molar-refractivity contribution in [1.82, 2.24) is 20.0 Å². The first-order valence-electron chi connectivity index (χ1n) is 6.22. The molecule has 9 heteroatoms.